The molecule has 1 aliphatic heterocycles. The highest BCUT2D eigenvalue weighted by atomic mass is 15.1. The van der Waals surface area contributed by atoms with Gasteiger partial charge in [0.15, 0.2) is 0 Å². The lowest BCUT2D eigenvalue weighted by Gasteiger charge is -2.33. The van der Waals surface area contributed by atoms with Crippen LogP contribution >= 0.6 is 0 Å². The molecular formula is C18H30N2. The minimum atomic E-state index is 0.462. The molecule has 2 rings (SSSR count). The Morgan fingerprint density at radius 1 is 1.15 bits per heavy atom. The highest BCUT2D eigenvalue weighted by Crippen LogP contribution is 2.18. The van der Waals surface area contributed by atoms with Gasteiger partial charge in [0.05, 0.1) is 0 Å². The molecule has 1 fully saturated rings. The SMILES string of the molecule is CCCN1CCC(NC(C)c2ccc(CC)cc2)CC1. The standard InChI is InChI=1S/C18H30N2/c1-4-12-20-13-10-18(11-14-20)19-15(3)17-8-6-16(5-2)7-9-17/h6-9,15,18-19H,4-5,10-14H2,1-3H3. The van der Waals surface area contributed by atoms with E-state index in [1.807, 2.05) is 0 Å². The zero-order valence-electron chi connectivity index (χ0n) is 13.4. The lowest BCUT2D eigenvalue weighted by molar-refractivity contribution is 0.192. The average molecular weight is 274 g/mol. The van der Waals surface area contributed by atoms with E-state index in [9.17, 15) is 0 Å². The van der Waals surface area contributed by atoms with Gasteiger partial charge in [0.25, 0.3) is 0 Å². The Morgan fingerprint density at radius 2 is 1.80 bits per heavy atom. The molecule has 0 aliphatic carbocycles. The average Bonchev–Trinajstić information content (AvgIpc) is 2.49. The number of benzene rings is 1. The summed E-state index contributed by atoms with van der Waals surface area (Å²) in [5.74, 6) is 0. The van der Waals surface area contributed by atoms with Gasteiger partial charge >= 0.3 is 0 Å². The molecule has 20 heavy (non-hydrogen) atoms. The lowest BCUT2D eigenvalue weighted by Crippen LogP contribution is -2.43. The first kappa shape index (κ1) is 15.5. The van der Waals surface area contributed by atoms with Crippen LogP contribution in [0.4, 0.5) is 0 Å². The summed E-state index contributed by atoms with van der Waals surface area (Å²) in [5.41, 5.74) is 2.84. The van der Waals surface area contributed by atoms with Gasteiger partial charge in [-0.3, -0.25) is 0 Å². The van der Waals surface area contributed by atoms with Gasteiger partial charge in [0.1, 0.15) is 0 Å². The summed E-state index contributed by atoms with van der Waals surface area (Å²) in [4.78, 5) is 2.60. The third kappa shape index (κ3) is 4.32. The molecule has 0 aromatic heterocycles. The Hall–Kier alpha value is -0.860. The van der Waals surface area contributed by atoms with E-state index in [4.69, 9.17) is 0 Å². The molecule has 2 nitrogen and oxygen atoms in total. The number of hydrogen-bond donors (Lipinski definition) is 1. The lowest BCUT2D eigenvalue weighted by atomic mass is 10.0. The second kappa shape index (κ2) is 7.80. The highest BCUT2D eigenvalue weighted by molar-refractivity contribution is 5.24. The summed E-state index contributed by atoms with van der Waals surface area (Å²) in [5, 5.41) is 3.81. The van der Waals surface area contributed by atoms with Gasteiger partial charge in [-0.05, 0) is 63.4 Å². The number of aryl methyl sites for hydroxylation is 1. The molecule has 0 bridgehead atoms. The van der Waals surface area contributed by atoms with Crippen molar-refractivity contribution in [1.29, 1.82) is 0 Å². The van der Waals surface area contributed by atoms with Crippen molar-refractivity contribution < 1.29 is 0 Å². The van der Waals surface area contributed by atoms with Crippen LogP contribution in [0.1, 0.15) is 57.2 Å². The number of piperidine rings is 1. The quantitative estimate of drug-likeness (QED) is 0.849. The zero-order valence-corrected chi connectivity index (χ0v) is 13.4. The second-order valence-corrected chi connectivity index (χ2v) is 6.10. The third-order valence-electron chi connectivity index (χ3n) is 4.50. The van der Waals surface area contributed by atoms with E-state index in [2.05, 4.69) is 55.3 Å². The predicted molar refractivity (Wildman–Crippen MR) is 87.1 cm³/mol. The first-order chi connectivity index (χ1) is 9.72. The minimum absolute atomic E-state index is 0.462. The van der Waals surface area contributed by atoms with E-state index < -0.39 is 0 Å². The molecule has 1 aliphatic rings. The molecule has 0 radical (unpaired) electrons. The molecule has 1 saturated heterocycles. The van der Waals surface area contributed by atoms with Crippen molar-refractivity contribution in [2.24, 2.45) is 0 Å². The summed E-state index contributed by atoms with van der Waals surface area (Å²) in [7, 11) is 0. The Kier molecular flexibility index (Phi) is 6.06. The fraction of sp³-hybridized carbons (Fsp3) is 0.667. The van der Waals surface area contributed by atoms with Gasteiger partial charge in [-0.15, -0.1) is 0 Å². The molecule has 0 spiro atoms. The number of likely N-dealkylation sites (tertiary alicyclic amines) is 1. The van der Waals surface area contributed by atoms with Gasteiger partial charge in [0, 0.05) is 12.1 Å². The van der Waals surface area contributed by atoms with Crippen molar-refractivity contribution in [2.45, 2.75) is 58.5 Å². The molecule has 112 valence electrons. The third-order valence-corrected chi connectivity index (χ3v) is 4.50. The van der Waals surface area contributed by atoms with Gasteiger partial charge < -0.3 is 10.2 Å². The van der Waals surface area contributed by atoms with Crippen LogP contribution in [-0.4, -0.2) is 30.6 Å². The van der Waals surface area contributed by atoms with Gasteiger partial charge in [-0.25, -0.2) is 0 Å². The maximum atomic E-state index is 3.81. The Labute approximate surface area is 124 Å². The largest absolute Gasteiger partial charge is 0.307 e. The maximum Gasteiger partial charge on any atom is 0.0294 e. The van der Waals surface area contributed by atoms with E-state index in [1.54, 1.807) is 0 Å². The summed E-state index contributed by atoms with van der Waals surface area (Å²) in [6, 6.07) is 10.2. The summed E-state index contributed by atoms with van der Waals surface area (Å²) < 4.78 is 0. The van der Waals surface area contributed by atoms with E-state index >= 15 is 0 Å². The van der Waals surface area contributed by atoms with Crippen LogP contribution < -0.4 is 5.32 Å². The van der Waals surface area contributed by atoms with Crippen LogP contribution in [0, 0.1) is 0 Å². The van der Waals surface area contributed by atoms with Crippen molar-refractivity contribution in [3.05, 3.63) is 35.4 Å². The molecule has 0 amide bonds. The zero-order chi connectivity index (χ0) is 14.4. The van der Waals surface area contributed by atoms with Crippen molar-refractivity contribution in [3.8, 4) is 0 Å². The molecule has 1 aromatic carbocycles. The van der Waals surface area contributed by atoms with E-state index in [1.165, 1.54) is 50.0 Å². The monoisotopic (exact) mass is 274 g/mol. The van der Waals surface area contributed by atoms with Gasteiger partial charge in [-0.2, -0.15) is 0 Å². The van der Waals surface area contributed by atoms with Crippen molar-refractivity contribution in [2.75, 3.05) is 19.6 Å². The van der Waals surface area contributed by atoms with Crippen LogP contribution in [0.2, 0.25) is 0 Å². The van der Waals surface area contributed by atoms with Gasteiger partial charge in [-0.1, -0.05) is 38.1 Å². The number of rotatable bonds is 6. The normalized spacial score (nSPS) is 19.1. The predicted octanol–water partition coefficient (Wildman–Crippen LogP) is 3.77. The van der Waals surface area contributed by atoms with Crippen molar-refractivity contribution >= 4 is 0 Å². The molecular weight excluding hydrogens is 244 g/mol. The van der Waals surface area contributed by atoms with Crippen molar-refractivity contribution in [3.63, 3.8) is 0 Å². The highest BCUT2D eigenvalue weighted by Gasteiger charge is 2.20. The molecule has 1 unspecified atom stereocenters. The van der Waals surface area contributed by atoms with Crippen LogP contribution in [0.5, 0.6) is 0 Å². The van der Waals surface area contributed by atoms with Crippen molar-refractivity contribution in [1.82, 2.24) is 10.2 Å². The Bertz CT molecular complexity index is 377. The molecule has 1 aromatic rings. The Morgan fingerprint density at radius 3 is 2.35 bits per heavy atom. The summed E-state index contributed by atoms with van der Waals surface area (Å²) in [6.45, 7) is 10.5. The first-order valence-electron chi connectivity index (χ1n) is 8.30. The second-order valence-electron chi connectivity index (χ2n) is 6.10. The first-order valence-corrected chi connectivity index (χ1v) is 8.30. The number of nitrogens with zero attached hydrogens (tertiary/aromatic N) is 1. The van der Waals surface area contributed by atoms with E-state index in [0.29, 0.717) is 12.1 Å². The van der Waals surface area contributed by atoms with Crippen LogP contribution in [0.25, 0.3) is 0 Å². The van der Waals surface area contributed by atoms with E-state index in [-0.39, 0.29) is 0 Å². The summed E-state index contributed by atoms with van der Waals surface area (Å²) >= 11 is 0. The summed E-state index contributed by atoms with van der Waals surface area (Å²) in [6.07, 6.45) is 4.98. The number of hydrogen-bond acceptors (Lipinski definition) is 2. The minimum Gasteiger partial charge on any atom is -0.307 e. The van der Waals surface area contributed by atoms with Gasteiger partial charge in [0.2, 0.25) is 0 Å². The maximum absolute atomic E-state index is 3.81. The fourth-order valence-corrected chi connectivity index (χ4v) is 3.13. The van der Waals surface area contributed by atoms with Crippen LogP contribution in [0.3, 0.4) is 0 Å². The molecule has 1 heterocycles. The molecule has 2 heteroatoms. The Balaban J connectivity index is 1.81. The topological polar surface area (TPSA) is 15.3 Å². The number of nitrogens with one attached hydrogen (secondary N) is 1. The van der Waals surface area contributed by atoms with E-state index in [0.717, 1.165) is 6.42 Å². The molecule has 0 saturated carbocycles. The van der Waals surface area contributed by atoms with Crippen LogP contribution in [-0.2, 0) is 6.42 Å². The van der Waals surface area contributed by atoms with Crippen LogP contribution in [0.15, 0.2) is 24.3 Å². The molecule has 1 atom stereocenters. The molecule has 1 N–H and O–H groups in total. The fourth-order valence-electron chi connectivity index (χ4n) is 3.13. The smallest absolute Gasteiger partial charge is 0.0294 e.